The maximum absolute atomic E-state index is 7.35. The molecule has 11 aromatic carbocycles. The van der Waals surface area contributed by atoms with Crippen LogP contribution >= 0.6 is 0 Å². The van der Waals surface area contributed by atoms with Crippen LogP contribution in [-0.2, 0) is 5.41 Å². The molecule has 13 aromatic rings. The fourth-order valence-corrected chi connectivity index (χ4v) is 11.8. The van der Waals surface area contributed by atoms with Crippen molar-refractivity contribution in [3.8, 4) is 27.9 Å². The van der Waals surface area contributed by atoms with Gasteiger partial charge in [0.1, 0.15) is 5.58 Å². The summed E-state index contributed by atoms with van der Waals surface area (Å²) >= 11 is 0. The molecule has 0 saturated carbocycles. The molecule has 0 radical (unpaired) electrons. The van der Waals surface area contributed by atoms with Gasteiger partial charge in [-0.2, -0.15) is 0 Å². The Morgan fingerprint density at radius 2 is 1.03 bits per heavy atom. The molecule has 69 heavy (non-hydrogen) atoms. The number of anilines is 3. The minimum atomic E-state index is -0.681. The van der Waals surface area contributed by atoms with Gasteiger partial charge < -0.3 is 13.9 Å². The average Bonchev–Trinajstić information content (AvgIpc) is 4.07. The first kappa shape index (κ1) is 39.3. The number of hydrogen-bond acceptors (Lipinski definition) is 2. The van der Waals surface area contributed by atoms with E-state index in [0.717, 1.165) is 50.2 Å². The molecule has 3 heteroatoms. The van der Waals surface area contributed by atoms with Crippen molar-refractivity contribution in [3.05, 3.63) is 277 Å². The van der Waals surface area contributed by atoms with Gasteiger partial charge in [-0.15, -0.1) is 0 Å². The van der Waals surface area contributed by atoms with E-state index in [1.807, 2.05) is 0 Å². The molecule has 0 spiro atoms. The first-order valence-corrected chi connectivity index (χ1v) is 23.8. The highest BCUT2D eigenvalue weighted by molar-refractivity contribution is 6.23. The van der Waals surface area contributed by atoms with Crippen molar-refractivity contribution in [2.24, 2.45) is 0 Å². The molecule has 0 fully saturated rings. The van der Waals surface area contributed by atoms with E-state index in [4.69, 9.17) is 4.42 Å². The highest BCUT2D eigenvalue weighted by Crippen LogP contribution is 2.62. The van der Waals surface area contributed by atoms with Crippen molar-refractivity contribution >= 4 is 71.6 Å². The standard InChI is InChI=1S/C66H44N2O/c1-43-34-36-49(40-54(43)44-20-6-2-7-21-44)67(50-37-39-59-55(41-50)52-30-16-18-32-58(52)68(59)48-27-12-5-13-28-48)60-42-57-64(63-53-31-17-19-33-61(53)69-65(60)63)62-51-29-15-14-22-45(51)35-38-56(62)66(57,46-23-8-3-9-24-46)47-25-10-4-11-26-47/h2-42H,1H3. The normalized spacial score (nSPS) is 12.8. The van der Waals surface area contributed by atoms with E-state index in [1.54, 1.807) is 0 Å². The molecular formula is C66H44N2O. The van der Waals surface area contributed by atoms with Crippen LogP contribution in [0.25, 0.3) is 82.5 Å². The second kappa shape index (κ2) is 15.3. The molecule has 0 atom stereocenters. The van der Waals surface area contributed by atoms with Crippen LogP contribution in [0.2, 0.25) is 0 Å². The van der Waals surface area contributed by atoms with Crippen LogP contribution in [0.1, 0.15) is 27.8 Å². The lowest BCUT2D eigenvalue weighted by atomic mass is 9.67. The van der Waals surface area contributed by atoms with Crippen molar-refractivity contribution in [3.63, 3.8) is 0 Å². The van der Waals surface area contributed by atoms with Gasteiger partial charge >= 0.3 is 0 Å². The van der Waals surface area contributed by atoms with Crippen molar-refractivity contribution < 1.29 is 4.42 Å². The van der Waals surface area contributed by atoms with E-state index in [9.17, 15) is 0 Å². The number of aryl methyl sites for hydroxylation is 1. The van der Waals surface area contributed by atoms with Gasteiger partial charge in [-0.1, -0.05) is 188 Å². The minimum Gasteiger partial charge on any atom is -0.454 e. The monoisotopic (exact) mass is 880 g/mol. The molecule has 0 aliphatic heterocycles. The molecular weight excluding hydrogens is 837 g/mol. The number of fused-ring (bicyclic) bond motifs is 12. The third-order valence-electron chi connectivity index (χ3n) is 14.8. The zero-order valence-corrected chi connectivity index (χ0v) is 38.0. The third kappa shape index (κ3) is 5.74. The Labute approximate surface area is 400 Å². The molecule has 0 bridgehead atoms. The summed E-state index contributed by atoms with van der Waals surface area (Å²) in [6.07, 6.45) is 0. The Morgan fingerprint density at radius 3 is 1.78 bits per heavy atom. The number of rotatable bonds is 7. The van der Waals surface area contributed by atoms with Gasteiger partial charge in [0.25, 0.3) is 0 Å². The summed E-state index contributed by atoms with van der Waals surface area (Å²) in [5.74, 6) is 0. The van der Waals surface area contributed by atoms with E-state index in [0.29, 0.717) is 0 Å². The molecule has 14 rings (SSSR count). The zero-order chi connectivity index (χ0) is 45.6. The fraction of sp³-hybridized carbons (Fsp3) is 0.0303. The lowest BCUT2D eigenvalue weighted by molar-refractivity contribution is 0.668. The largest absolute Gasteiger partial charge is 0.454 e. The summed E-state index contributed by atoms with van der Waals surface area (Å²) in [5.41, 5.74) is 18.5. The van der Waals surface area contributed by atoms with Crippen molar-refractivity contribution in [2.75, 3.05) is 4.90 Å². The number of nitrogens with zero attached hydrogens (tertiary/aromatic N) is 2. The van der Waals surface area contributed by atoms with Crippen LogP contribution in [0, 0.1) is 6.92 Å². The first-order valence-electron chi connectivity index (χ1n) is 23.8. The average molecular weight is 881 g/mol. The number of aromatic nitrogens is 1. The van der Waals surface area contributed by atoms with Crippen molar-refractivity contribution in [2.45, 2.75) is 12.3 Å². The second-order valence-corrected chi connectivity index (χ2v) is 18.4. The first-order chi connectivity index (χ1) is 34.2. The van der Waals surface area contributed by atoms with Gasteiger partial charge in [-0.25, -0.2) is 0 Å². The fourth-order valence-electron chi connectivity index (χ4n) is 11.8. The summed E-state index contributed by atoms with van der Waals surface area (Å²) in [4.78, 5) is 2.47. The second-order valence-electron chi connectivity index (χ2n) is 18.4. The van der Waals surface area contributed by atoms with E-state index >= 15 is 0 Å². The van der Waals surface area contributed by atoms with Gasteiger partial charge in [0, 0.05) is 38.6 Å². The molecule has 2 aromatic heterocycles. The van der Waals surface area contributed by atoms with Crippen LogP contribution in [0.5, 0.6) is 0 Å². The number of furan rings is 1. The van der Waals surface area contributed by atoms with Gasteiger partial charge in [0.2, 0.25) is 0 Å². The summed E-state index contributed by atoms with van der Waals surface area (Å²) < 4.78 is 9.74. The van der Waals surface area contributed by atoms with Gasteiger partial charge in [0.15, 0.2) is 5.58 Å². The molecule has 1 aliphatic rings. The quantitative estimate of drug-likeness (QED) is 0.159. The maximum Gasteiger partial charge on any atom is 0.160 e. The molecule has 1 aliphatic carbocycles. The van der Waals surface area contributed by atoms with Crippen LogP contribution < -0.4 is 4.90 Å². The lowest BCUT2D eigenvalue weighted by Gasteiger charge is -2.35. The summed E-state index contributed by atoms with van der Waals surface area (Å²) in [6, 6.07) is 91.2. The number of hydrogen-bond donors (Lipinski definition) is 0. The highest BCUT2D eigenvalue weighted by atomic mass is 16.3. The Kier molecular flexibility index (Phi) is 8.71. The van der Waals surface area contributed by atoms with Crippen molar-refractivity contribution in [1.29, 1.82) is 0 Å². The van der Waals surface area contributed by atoms with E-state index in [2.05, 4.69) is 265 Å². The van der Waals surface area contributed by atoms with Crippen LogP contribution in [0.3, 0.4) is 0 Å². The maximum atomic E-state index is 7.35. The van der Waals surface area contributed by atoms with Crippen LogP contribution in [0.4, 0.5) is 17.1 Å². The van der Waals surface area contributed by atoms with Gasteiger partial charge in [0.05, 0.1) is 22.1 Å². The molecule has 2 heterocycles. The highest BCUT2D eigenvalue weighted by Gasteiger charge is 2.49. The number of benzene rings is 11. The van der Waals surface area contributed by atoms with E-state index in [1.165, 1.54) is 77.1 Å². The SMILES string of the molecule is Cc1ccc(N(c2ccc3c(c2)c2ccccc2n3-c2ccccc2)c2cc3c(c4c2oc2ccccc24)-c2c(ccc4ccccc24)C3(c2ccccc2)c2ccccc2)cc1-c1ccccc1. The number of para-hydroxylation sites is 3. The Hall–Kier alpha value is -8.92. The van der Waals surface area contributed by atoms with E-state index in [-0.39, 0.29) is 0 Å². The van der Waals surface area contributed by atoms with Gasteiger partial charge in [-0.05, 0) is 128 Å². The Balaban J connectivity index is 1.16. The summed E-state index contributed by atoms with van der Waals surface area (Å²) in [6.45, 7) is 2.21. The smallest absolute Gasteiger partial charge is 0.160 e. The third-order valence-corrected chi connectivity index (χ3v) is 14.8. The molecule has 3 nitrogen and oxygen atoms in total. The van der Waals surface area contributed by atoms with E-state index < -0.39 is 5.41 Å². The zero-order valence-electron chi connectivity index (χ0n) is 38.0. The van der Waals surface area contributed by atoms with Crippen LogP contribution in [0.15, 0.2) is 253 Å². The van der Waals surface area contributed by atoms with Crippen LogP contribution in [-0.4, -0.2) is 4.57 Å². The summed E-state index contributed by atoms with van der Waals surface area (Å²) in [7, 11) is 0. The minimum absolute atomic E-state index is 0.681. The molecule has 0 unspecified atom stereocenters. The molecule has 0 saturated heterocycles. The topological polar surface area (TPSA) is 21.3 Å². The predicted molar refractivity (Wildman–Crippen MR) is 288 cm³/mol. The lowest BCUT2D eigenvalue weighted by Crippen LogP contribution is -2.28. The predicted octanol–water partition coefficient (Wildman–Crippen LogP) is 17.6. The molecule has 0 amide bonds. The van der Waals surface area contributed by atoms with Crippen molar-refractivity contribution in [1.82, 2.24) is 4.57 Å². The molecule has 0 N–H and O–H groups in total. The Bertz CT molecular complexity index is 4090. The molecule has 324 valence electrons. The summed E-state index contributed by atoms with van der Waals surface area (Å²) in [5, 5.41) is 7.03. The Morgan fingerprint density at radius 1 is 0.435 bits per heavy atom. The van der Waals surface area contributed by atoms with Gasteiger partial charge in [-0.3, -0.25) is 0 Å².